The van der Waals surface area contributed by atoms with Crippen LogP contribution in [0.25, 0.3) is 5.41 Å². The monoisotopic (exact) mass is 180 g/mol. The van der Waals surface area contributed by atoms with E-state index in [9.17, 15) is 0 Å². The summed E-state index contributed by atoms with van der Waals surface area (Å²) in [5, 5.41) is 14.9. The number of rotatable bonds is 0. The van der Waals surface area contributed by atoms with E-state index in [1.165, 1.54) is 51.0 Å². The van der Waals surface area contributed by atoms with Gasteiger partial charge in [-0.25, -0.2) is 0 Å². The molecule has 0 unspecified atom stereocenters. The fourth-order valence-corrected chi connectivity index (χ4v) is 1.35. The highest BCUT2D eigenvalue weighted by Crippen LogP contribution is 1.98. The fraction of sp³-hybridized carbons (Fsp3) is 0.778. The Labute approximate surface area is 79.4 Å². The average molecular weight is 180 g/mol. The third kappa shape index (κ3) is 8.74. The van der Waals surface area contributed by atoms with E-state index in [4.69, 9.17) is 10.7 Å². The normalized spacial score (nSPS) is 16.9. The van der Waals surface area contributed by atoms with Gasteiger partial charge < -0.3 is 15.3 Å². The van der Waals surface area contributed by atoms with Crippen molar-refractivity contribution >= 4 is 6.01 Å². The van der Waals surface area contributed by atoms with Gasteiger partial charge in [0.05, 0.1) is 26.3 Å². The molecule has 72 valence electrons. The van der Waals surface area contributed by atoms with Gasteiger partial charge in [-0.2, -0.15) is 5.26 Å². The number of nitrogens with zero attached hydrogens (tertiary/aromatic N) is 3. The Hall–Kier alpha value is -1.17. The lowest BCUT2D eigenvalue weighted by atomic mass is 10.2. The molecular formula is C9H16N4. The molecule has 1 aliphatic heterocycles. The van der Waals surface area contributed by atoms with Crippen LogP contribution in [0.15, 0.2) is 4.99 Å². The summed E-state index contributed by atoms with van der Waals surface area (Å²) >= 11 is 0. The molecule has 1 aliphatic rings. The Bertz CT molecular complexity index is 192. The van der Waals surface area contributed by atoms with Crippen LogP contribution in [0.3, 0.4) is 0 Å². The highest BCUT2D eigenvalue weighted by atomic mass is 15.1. The van der Waals surface area contributed by atoms with Crippen LogP contribution in [0.2, 0.25) is 0 Å². The minimum absolute atomic E-state index is 1.28. The number of quaternary nitrogens is 1. The molecule has 1 rings (SSSR count). The molecule has 0 radical (unpaired) electrons. The van der Waals surface area contributed by atoms with Crippen LogP contribution in [0.1, 0.15) is 25.7 Å². The van der Waals surface area contributed by atoms with Crippen molar-refractivity contribution in [2.75, 3.05) is 20.1 Å². The van der Waals surface area contributed by atoms with Crippen LogP contribution in [0.4, 0.5) is 0 Å². The van der Waals surface area contributed by atoms with Crippen molar-refractivity contribution in [3.8, 4) is 6.19 Å². The zero-order chi connectivity index (χ0) is 9.94. The molecule has 0 saturated carbocycles. The van der Waals surface area contributed by atoms with Gasteiger partial charge in [-0.15, -0.1) is 6.01 Å². The number of likely N-dealkylation sites (tertiary alicyclic amines) is 1. The topological polar surface area (TPSA) is 62.9 Å². The van der Waals surface area contributed by atoms with Gasteiger partial charge in [0, 0.05) is 0 Å². The summed E-state index contributed by atoms with van der Waals surface area (Å²) in [6, 6.07) is 1.28. The molecule has 1 saturated heterocycles. The first-order chi connectivity index (χ1) is 6.31. The molecule has 0 aromatic carbocycles. The average Bonchev–Trinajstić information content (AvgIpc) is 2.35. The van der Waals surface area contributed by atoms with Crippen molar-refractivity contribution in [1.82, 2.24) is 0 Å². The second-order valence-electron chi connectivity index (χ2n) is 3.18. The third-order valence-corrected chi connectivity index (χ3v) is 2.06. The van der Waals surface area contributed by atoms with Crippen LogP contribution in [0, 0.1) is 11.5 Å². The minimum atomic E-state index is 1.28. The Morgan fingerprint density at radius 1 is 1.23 bits per heavy atom. The molecule has 13 heavy (non-hydrogen) atoms. The Balaban J connectivity index is 0.000000252. The van der Waals surface area contributed by atoms with Crippen molar-refractivity contribution in [2.24, 2.45) is 4.99 Å². The first kappa shape index (κ1) is 11.8. The van der Waals surface area contributed by atoms with Crippen molar-refractivity contribution in [3.63, 3.8) is 0 Å². The zero-order valence-electron chi connectivity index (χ0n) is 8.08. The molecule has 0 aromatic rings. The van der Waals surface area contributed by atoms with Crippen molar-refractivity contribution in [3.05, 3.63) is 5.41 Å². The summed E-state index contributed by atoms with van der Waals surface area (Å²) in [7, 11) is 2.30. The molecule has 0 spiro atoms. The van der Waals surface area contributed by atoms with E-state index in [1.54, 1.807) is 4.90 Å². The first-order valence-electron chi connectivity index (χ1n) is 4.60. The number of aliphatic imine (C=N–C) groups is 1. The van der Waals surface area contributed by atoms with Gasteiger partial charge in [-0.05, 0) is 25.7 Å². The van der Waals surface area contributed by atoms with E-state index < -0.39 is 0 Å². The van der Waals surface area contributed by atoms with Crippen LogP contribution in [-0.2, 0) is 0 Å². The molecule has 0 amide bonds. The lowest BCUT2D eigenvalue weighted by Crippen LogP contribution is -3.08. The first-order valence-corrected chi connectivity index (χ1v) is 4.60. The van der Waals surface area contributed by atoms with Crippen molar-refractivity contribution in [1.29, 1.82) is 5.26 Å². The summed E-state index contributed by atoms with van der Waals surface area (Å²) in [5.74, 6) is 0. The van der Waals surface area contributed by atoms with Gasteiger partial charge in [0.2, 0.25) is 0 Å². The number of nitrogens with one attached hydrogen (secondary N) is 1. The molecule has 0 bridgehead atoms. The molecule has 0 aliphatic carbocycles. The maximum atomic E-state index is 7.43. The van der Waals surface area contributed by atoms with Crippen LogP contribution >= 0.6 is 0 Å². The van der Waals surface area contributed by atoms with Gasteiger partial charge in [-0.3, -0.25) is 0 Å². The van der Waals surface area contributed by atoms with Crippen LogP contribution in [-0.4, -0.2) is 26.1 Å². The predicted octanol–water partition coefficient (Wildman–Crippen LogP) is 0.286. The number of hydrogen-bond donors (Lipinski definition) is 1. The van der Waals surface area contributed by atoms with Gasteiger partial charge in [0.15, 0.2) is 0 Å². The zero-order valence-corrected chi connectivity index (χ0v) is 8.08. The Morgan fingerprint density at radius 2 is 1.77 bits per heavy atom. The van der Waals surface area contributed by atoms with Crippen molar-refractivity contribution < 1.29 is 4.90 Å². The molecule has 4 nitrogen and oxygen atoms in total. The lowest BCUT2D eigenvalue weighted by Gasteiger charge is -2.07. The minimum Gasteiger partial charge on any atom is -0.422 e. The van der Waals surface area contributed by atoms with E-state index in [0.29, 0.717) is 0 Å². The van der Waals surface area contributed by atoms with Crippen LogP contribution < -0.4 is 4.90 Å². The molecule has 1 N–H and O–H groups in total. The summed E-state index contributed by atoms with van der Waals surface area (Å²) in [6.07, 6.45) is 7.12. The quantitative estimate of drug-likeness (QED) is 0.422. The summed E-state index contributed by atoms with van der Waals surface area (Å²) in [6.45, 7) is 2.81. The van der Waals surface area contributed by atoms with Crippen LogP contribution in [0.5, 0.6) is 0 Å². The molecule has 4 heteroatoms. The molecule has 0 atom stereocenters. The van der Waals surface area contributed by atoms with E-state index >= 15 is 0 Å². The van der Waals surface area contributed by atoms with E-state index in [2.05, 4.69) is 12.0 Å². The second-order valence-corrected chi connectivity index (χ2v) is 3.18. The summed E-state index contributed by atoms with van der Waals surface area (Å²) in [5.41, 5.74) is 0. The molecule has 1 fully saturated rings. The molecule has 0 aromatic heterocycles. The molecule has 1 heterocycles. The Kier molecular flexibility index (Phi) is 8.12. The standard InChI is InChI=1S/C7H15N.C2N3/c1-8-6-4-2-3-5-7-8;3-1-5-2-4/h2-7H2,1H3;/q;-1/p+1. The van der Waals surface area contributed by atoms with E-state index in [1.807, 2.05) is 0 Å². The predicted molar refractivity (Wildman–Crippen MR) is 51.5 cm³/mol. The van der Waals surface area contributed by atoms with Gasteiger partial charge >= 0.3 is 0 Å². The SMILES string of the molecule is C[NH+]1CCCCCC1.N#CN=C=[N-]. The highest BCUT2D eigenvalue weighted by Gasteiger charge is 2.04. The number of nitriles is 1. The largest absolute Gasteiger partial charge is 0.422 e. The smallest absolute Gasteiger partial charge is 0.0925 e. The van der Waals surface area contributed by atoms with Gasteiger partial charge in [0.1, 0.15) is 0 Å². The van der Waals surface area contributed by atoms with E-state index in [-0.39, 0.29) is 0 Å². The fourth-order valence-electron chi connectivity index (χ4n) is 1.35. The molecular weight excluding hydrogens is 164 g/mol. The van der Waals surface area contributed by atoms with Gasteiger partial charge in [-0.1, -0.05) is 0 Å². The highest BCUT2D eigenvalue weighted by molar-refractivity contribution is 5.46. The van der Waals surface area contributed by atoms with E-state index in [0.717, 1.165) is 0 Å². The van der Waals surface area contributed by atoms with Crippen molar-refractivity contribution in [2.45, 2.75) is 25.7 Å². The number of hydrogen-bond acceptors (Lipinski definition) is 2. The maximum absolute atomic E-state index is 7.43. The maximum Gasteiger partial charge on any atom is 0.0925 e. The lowest BCUT2D eigenvalue weighted by molar-refractivity contribution is -0.878. The third-order valence-electron chi connectivity index (χ3n) is 2.06. The summed E-state index contributed by atoms with van der Waals surface area (Å²) < 4.78 is 0. The second kappa shape index (κ2) is 8.92. The summed E-state index contributed by atoms with van der Waals surface area (Å²) in [4.78, 5) is 4.31. The van der Waals surface area contributed by atoms with Gasteiger partial charge in [0.25, 0.3) is 0 Å². The Morgan fingerprint density at radius 3 is 2.08 bits per heavy atom.